The van der Waals surface area contributed by atoms with Gasteiger partial charge in [-0.2, -0.15) is 13.2 Å². The largest absolute Gasteiger partial charge is 0.434 e. The van der Waals surface area contributed by atoms with Gasteiger partial charge in [-0.3, -0.25) is 0 Å². The second kappa shape index (κ2) is 3.73. The van der Waals surface area contributed by atoms with Crippen LogP contribution in [0.5, 0.6) is 0 Å². The number of alkyl halides is 3. The summed E-state index contributed by atoms with van der Waals surface area (Å²) in [5.74, 6) is -0.0184. The van der Waals surface area contributed by atoms with E-state index in [0.29, 0.717) is 0 Å². The lowest BCUT2D eigenvalue weighted by molar-refractivity contribution is -0.141. The van der Waals surface area contributed by atoms with Crippen LogP contribution in [-0.2, 0) is 6.18 Å². The molecule has 0 fully saturated rings. The summed E-state index contributed by atoms with van der Waals surface area (Å²) in [6, 6.07) is 0. The van der Waals surface area contributed by atoms with Crippen LogP contribution in [0.3, 0.4) is 0 Å². The first-order valence-electron chi connectivity index (χ1n) is 3.92. The maximum atomic E-state index is 12.3. The molecule has 0 bridgehead atoms. The maximum Gasteiger partial charge on any atom is 0.434 e. The van der Waals surface area contributed by atoms with Crippen LogP contribution >= 0.6 is 11.6 Å². The number of rotatable bonds is 1. The van der Waals surface area contributed by atoms with Gasteiger partial charge in [0, 0.05) is 12.1 Å². The number of aromatic nitrogens is 2. The Balaban J connectivity index is 3.22. The minimum Gasteiger partial charge on any atom is -0.240 e. The van der Waals surface area contributed by atoms with Crippen molar-refractivity contribution in [2.75, 3.05) is 0 Å². The van der Waals surface area contributed by atoms with Gasteiger partial charge in [0.05, 0.1) is 5.02 Å². The van der Waals surface area contributed by atoms with Crippen LogP contribution in [0.2, 0.25) is 5.02 Å². The molecule has 6 heteroatoms. The van der Waals surface area contributed by atoms with E-state index in [4.69, 9.17) is 11.6 Å². The number of hydrogen-bond acceptors (Lipinski definition) is 2. The Morgan fingerprint density at radius 3 is 2.36 bits per heavy atom. The fourth-order valence-corrected chi connectivity index (χ4v) is 1.06. The monoisotopic (exact) mass is 224 g/mol. The summed E-state index contributed by atoms with van der Waals surface area (Å²) in [6.45, 7) is 3.42. The predicted octanol–water partition coefficient (Wildman–Crippen LogP) is 3.27. The van der Waals surface area contributed by atoms with Crippen LogP contribution in [0.1, 0.15) is 31.3 Å². The van der Waals surface area contributed by atoms with Crippen LogP contribution in [-0.4, -0.2) is 9.97 Å². The van der Waals surface area contributed by atoms with E-state index in [1.807, 2.05) is 0 Å². The van der Waals surface area contributed by atoms with E-state index in [1.54, 1.807) is 13.8 Å². The lowest BCUT2D eigenvalue weighted by Gasteiger charge is -2.10. The summed E-state index contributed by atoms with van der Waals surface area (Å²) in [7, 11) is 0. The van der Waals surface area contributed by atoms with E-state index < -0.39 is 16.9 Å². The Morgan fingerprint density at radius 2 is 1.93 bits per heavy atom. The highest BCUT2D eigenvalue weighted by Crippen LogP contribution is 2.33. The van der Waals surface area contributed by atoms with Gasteiger partial charge < -0.3 is 0 Å². The van der Waals surface area contributed by atoms with Crippen molar-refractivity contribution in [3.63, 3.8) is 0 Å². The summed E-state index contributed by atoms with van der Waals surface area (Å²) in [5, 5.41) is -0.470. The average molecular weight is 225 g/mol. The van der Waals surface area contributed by atoms with Crippen LogP contribution in [0.25, 0.3) is 0 Å². The minimum absolute atomic E-state index is 0.140. The summed E-state index contributed by atoms with van der Waals surface area (Å²) in [6.07, 6.45) is -3.55. The van der Waals surface area contributed by atoms with E-state index in [9.17, 15) is 13.2 Å². The summed E-state index contributed by atoms with van der Waals surface area (Å²) in [5.41, 5.74) is -1.07. The Labute approximate surface area is 84.1 Å². The van der Waals surface area contributed by atoms with Gasteiger partial charge in [-0.25, -0.2) is 9.97 Å². The summed E-state index contributed by atoms with van der Waals surface area (Å²) < 4.78 is 37.0. The van der Waals surface area contributed by atoms with Crippen molar-refractivity contribution >= 4 is 11.6 Å². The van der Waals surface area contributed by atoms with Crippen molar-refractivity contribution in [3.05, 3.63) is 22.7 Å². The molecule has 0 aliphatic heterocycles. The van der Waals surface area contributed by atoms with Gasteiger partial charge in [0.15, 0.2) is 5.69 Å². The lowest BCUT2D eigenvalue weighted by Crippen LogP contribution is -2.12. The molecule has 0 aliphatic rings. The Kier molecular flexibility index (Phi) is 2.99. The van der Waals surface area contributed by atoms with Crippen LogP contribution in [0.15, 0.2) is 6.20 Å². The zero-order valence-corrected chi connectivity index (χ0v) is 8.32. The van der Waals surface area contributed by atoms with E-state index in [2.05, 4.69) is 9.97 Å². The fourth-order valence-electron chi connectivity index (χ4n) is 0.858. The molecule has 2 nitrogen and oxygen atoms in total. The van der Waals surface area contributed by atoms with E-state index in [1.165, 1.54) is 0 Å². The fraction of sp³-hybridized carbons (Fsp3) is 0.500. The average Bonchev–Trinajstić information content (AvgIpc) is 2.02. The smallest absolute Gasteiger partial charge is 0.240 e. The van der Waals surface area contributed by atoms with Crippen molar-refractivity contribution < 1.29 is 13.2 Å². The second-order valence-electron chi connectivity index (χ2n) is 3.08. The number of nitrogens with zero attached hydrogens (tertiary/aromatic N) is 2. The Bertz CT molecular complexity index is 336. The molecule has 1 rings (SSSR count). The molecule has 1 aromatic rings. The zero-order chi connectivity index (χ0) is 10.9. The lowest BCUT2D eigenvalue weighted by atomic mass is 10.2. The SMILES string of the molecule is CC(C)c1ncc(Cl)c(C(F)(F)F)n1. The highest BCUT2D eigenvalue weighted by molar-refractivity contribution is 6.31. The molecule has 0 unspecified atom stereocenters. The van der Waals surface area contributed by atoms with Crippen LogP contribution < -0.4 is 0 Å². The second-order valence-corrected chi connectivity index (χ2v) is 3.48. The van der Waals surface area contributed by atoms with Gasteiger partial charge in [0.1, 0.15) is 5.82 Å². The molecule has 14 heavy (non-hydrogen) atoms. The van der Waals surface area contributed by atoms with Crippen molar-refractivity contribution in [1.82, 2.24) is 9.97 Å². The molecule has 0 N–H and O–H groups in total. The molecule has 1 heterocycles. The third-order valence-corrected chi connectivity index (χ3v) is 1.82. The van der Waals surface area contributed by atoms with E-state index in [-0.39, 0.29) is 11.7 Å². The first kappa shape index (κ1) is 11.2. The molecule has 0 saturated heterocycles. The molecular weight excluding hydrogens is 217 g/mol. The van der Waals surface area contributed by atoms with Gasteiger partial charge in [0.2, 0.25) is 0 Å². The Hall–Kier alpha value is -0.840. The third kappa shape index (κ3) is 2.35. The quantitative estimate of drug-likeness (QED) is 0.732. The summed E-state index contributed by atoms with van der Waals surface area (Å²) >= 11 is 5.34. The first-order chi connectivity index (χ1) is 6.32. The van der Waals surface area contributed by atoms with Gasteiger partial charge in [-0.1, -0.05) is 25.4 Å². The molecule has 0 aliphatic carbocycles. The van der Waals surface area contributed by atoms with Crippen molar-refractivity contribution in [2.24, 2.45) is 0 Å². The van der Waals surface area contributed by atoms with E-state index in [0.717, 1.165) is 6.20 Å². The van der Waals surface area contributed by atoms with Gasteiger partial charge in [0.25, 0.3) is 0 Å². The Morgan fingerprint density at radius 1 is 1.36 bits per heavy atom. The van der Waals surface area contributed by atoms with Crippen LogP contribution in [0, 0.1) is 0 Å². The highest BCUT2D eigenvalue weighted by atomic mass is 35.5. The standard InChI is InChI=1S/C8H8ClF3N2/c1-4(2)7-13-3-5(9)6(14-7)8(10,11)12/h3-4H,1-2H3. The molecule has 78 valence electrons. The first-order valence-corrected chi connectivity index (χ1v) is 4.29. The van der Waals surface area contributed by atoms with E-state index >= 15 is 0 Å². The number of hydrogen-bond donors (Lipinski definition) is 0. The van der Waals surface area contributed by atoms with Crippen molar-refractivity contribution in [1.29, 1.82) is 0 Å². The van der Waals surface area contributed by atoms with Crippen molar-refractivity contribution in [3.8, 4) is 0 Å². The van der Waals surface area contributed by atoms with Gasteiger partial charge >= 0.3 is 6.18 Å². The molecule has 0 amide bonds. The molecule has 1 aromatic heterocycles. The minimum atomic E-state index is -4.52. The molecular formula is C8H8ClF3N2. The topological polar surface area (TPSA) is 25.8 Å². The molecule has 0 spiro atoms. The molecule has 0 radical (unpaired) electrons. The molecule has 0 aromatic carbocycles. The van der Waals surface area contributed by atoms with Crippen LogP contribution in [0.4, 0.5) is 13.2 Å². The van der Waals surface area contributed by atoms with Crippen molar-refractivity contribution in [2.45, 2.75) is 25.9 Å². The number of halogens is 4. The summed E-state index contributed by atoms with van der Waals surface area (Å²) in [4.78, 5) is 7.08. The maximum absolute atomic E-state index is 12.3. The normalized spacial score (nSPS) is 12.2. The zero-order valence-electron chi connectivity index (χ0n) is 7.56. The van der Waals surface area contributed by atoms with Gasteiger partial charge in [-0.05, 0) is 0 Å². The predicted molar refractivity (Wildman–Crippen MR) is 46.1 cm³/mol. The highest BCUT2D eigenvalue weighted by Gasteiger charge is 2.35. The molecule has 0 saturated carbocycles. The third-order valence-electron chi connectivity index (χ3n) is 1.55. The van der Waals surface area contributed by atoms with Gasteiger partial charge in [-0.15, -0.1) is 0 Å². The molecule has 0 atom stereocenters.